The summed E-state index contributed by atoms with van der Waals surface area (Å²) >= 11 is 0. The summed E-state index contributed by atoms with van der Waals surface area (Å²) in [6.45, 7) is 5.41. The van der Waals surface area contributed by atoms with Gasteiger partial charge in [-0.1, -0.05) is 20.8 Å². The standard InChI is InChI=1S/C14H21NO4/c1-5-6-9(16)10-8(15)7-14(2,3)11(12(10)17)13(18)19-4/h11,15,17H,5-7H2,1-4H3/t11-/m0/s1. The summed E-state index contributed by atoms with van der Waals surface area (Å²) in [5.74, 6) is -2.06. The number of carbonyl (C=O) groups excluding carboxylic acids is 2. The van der Waals surface area contributed by atoms with Gasteiger partial charge in [0.25, 0.3) is 0 Å². The van der Waals surface area contributed by atoms with Crippen LogP contribution in [0, 0.1) is 16.7 Å². The lowest BCUT2D eigenvalue weighted by atomic mass is 9.67. The van der Waals surface area contributed by atoms with Gasteiger partial charge in [-0.3, -0.25) is 9.59 Å². The molecule has 0 aromatic heterocycles. The maximum absolute atomic E-state index is 12.0. The molecular formula is C14H21NO4. The van der Waals surface area contributed by atoms with Crippen molar-refractivity contribution in [3.8, 4) is 0 Å². The van der Waals surface area contributed by atoms with Crippen LogP contribution in [0.4, 0.5) is 0 Å². The zero-order valence-electron chi connectivity index (χ0n) is 11.9. The van der Waals surface area contributed by atoms with E-state index in [1.807, 2.05) is 6.92 Å². The minimum absolute atomic E-state index is 0.00317. The van der Waals surface area contributed by atoms with Crippen LogP contribution in [0.2, 0.25) is 0 Å². The van der Waals surface area contributed by atoms with Gasteiger partial charge in [0.15, 0.2) is 5.78 Å². The minimum Gasteiger partial charge on any atom is -0.511 e. The molecule has 0 unspecified atom stereocenters. The van der Waals surface area contributed by atoms with Crippen LogP contribution in [-0.4, -0.2) is 29.7 Å². The van der Waals surface area contributed by atoms with Gasteiger partial charge < -0.3 is 15.3 Å². The SMILES string of the molecule is CCCC(=O)C1=C(O)[C@@H](C(=O)OC)C(C)(C)CC1=N. The third-order valence-corrected chi connectivity index (χ3v) is 3.44. The summed E-state index contributed by atoms with van der Waals surface area (Å²) in [6.07, 6.45) is 1.16. The first-order chi connectivity index (χ1) is 8.76. The minimum atomic E-state index is -0.887. The van der Waals surface area contributed by atoms with E-state index in [0.29, 0.717) is 6.42 Å². The van der Waals surface area contributed by atoms with E-state index >= 15 is 0 Å². The molecule has 5 heteroatoms. The number of hydrogen-bond donors (Lipinski definition) is 2. The zero-order chi connectivity index (χ0) is 14.8. The van der Waals surface area contributed by atoms with E-state index in [0.717, 1.165) is 0 Å². The maximum atomic E-state index is 12.0. The zero-order valence-corrected chi connectivity index (χ0v) is 11.9. The van der Waals surface area contributed by atoms with Crippen molar-refractivity contribution in [1.29, 1.82) is 5.41 Å². The van der Waals surface area contributed by atoms with Gasteiger partial charge in [0.1, 0.15) is 11.7 Å². The highest BCUT2D eigenvalue weighted by molar-refractivity contribution is 6.22. The smallest absolute Gasteiger partial charge is 0.316 e. The number of aliphatic hydroxyl groups is 1. The lowest BCUT2D eigenvalue weighted by Gasteiger charge is -2.37. The molecule has 1 aliphatic rings. The molecule has 0 saturated heterocycles. The molecule has 1 atom stereocenters. The summed E-state index contributed by atoms with van der Waals surface area (Å²) < 4.78 is 4.70. The fourth-order valence-corrected chi connectivity index (χ4v) is 2.53. The van der Waals surface area contributed by atoms with Crippen LogP contribution < -0.4 is 0 Å². The average Bonchev–Trinajstić information content (AvgIpc) is 2.26. The first-order valence-corrected chi connectivity index (χ1v) is 6.38. The van der Waals surface area contributed by atoms with Gasteiger partial charge in [0.2, 0.25) is 0 Å². The van der Waals surface area contributed by atoms with E-state index in [1.54, 1.807) is 13.8 Å². The van der Waals surface area contributed by atoms with Crippen molar-refractivity contribution in [3.05, 3.63) is 11.3 Å². The van der Waals surface area contributed by atoms with Gasteiger partial charge in [-0.15, -0.1) is 0 Å². The quantitative estimate of drug-likeness (QED) is 0.766. The number of aliphatic hydroxyl groups excluding tert-OH is 1. The van der Waals surface area contributed by atoms with Crippen molar-refractivity contribution in [2.75, 3.05) is 7.11 Å². The molecule has 0 aromatic carbocycles. The Balaban J connectivity index is 3.31. The predicted octanol–water partition coefficient (Wildman–Crippen LogP) is 2.41. The lowest BCUT2D eigenvalue weighted by molar-refractivity contribution is -0.149. The highest BCUT2D eigenvalue weighted by Gasteiger charge is 2.46. The lowest BCUT2D eigenvalue weighted by Crippen LogP contribution is -2.41. The van der Waals surface area contributed by atoms with Gasteiger partial charge in [0.05, 0.1) is 12.7 Å². The van der Waals surface area contributed by atoms with Crippen molar-refractivity contribution in [3.63, 3.8) is 0 Å². The molecule has 0 bridgehead atoms. The van der Waals surface area contributed by atoms with Crippen molar-refractivity contribution in [1.82, 2.24) is 0 Å². The molecule has 0 amide bonds. The van der Waals surface area contributed by atoms with E-state index in [-0.39, 0.29) is 35.7 Å². The molecule has 0 radical (unpaired) electrons. The number of carbonyl (C=O) groups is 2. The van der Waals surface area contributed by atoms with Crippen molar-refractivity contribution in [2.24, 2.45) is 11.3 Å². The van der Waals surface area contributed by atoms with Crippen molar-refractivity contribution < 1.29 is 19.4 Å². The number of esters is 1. The molecule has 0 heterocycles. The molecule has 0 aliphatic heterocycles. The number of methoxy groups -OCH3 is 1. The topological polar surface area (TPSA) is 87.4 Å². The number of rotatable bonds is 4. The normalized spacial score (nSPS) is 22.3. The van der Waals surface area contributed by atoms with E-state index in [4.69, 9.17) is 10.1 Å². The number of allylic oxidation sites excluding steroid dienone is 1. The van der Waals surface area contributed by atoms with Gasteiger partial charge in [-0.2, -0.15) is 0 Å². The van der Waals surface area contributed by atoms with Gasteiger partial charge >= 0.3 is 5.97 Å². The second-order valence-corrected chi connectivity index (χ2v) is 5.53. The van der Waals surface area contributed by atoms with E-state index < -0.39 is 17.3 Å². The predicted molar refractivity (Wildman–Crippen MR) is 71.2 cm³/mol. The fraction of sp³-hybridized carbons (Fsp3) is 0.643. The Bertz CT molecular complexity index is 448. The fourth-order valence-electron chi connectivity index (χ4n) is 2.53. The average molecular weight is 267 g/mol. The first kappa shape index (κ1) is 15.4. The Morgan fingerprint density at radius 1 is 1.47 bits per heavy atom. The molecule has 0 saturated carbocycles. The number of ether oxygens (including phenoxy) is 1. The first-order valence-electron chi connectivity index (χ1n) is 6.38. The Morgan fingerprint density at radius 2 is 2.05 bits per heavy atom. The molecule has 5 nitrogen and oxygen atoms in total. The van der Waals surface area contributed by atoms with Crippen LogP contribution >= 0.6 is 0 Å². The van der Waals surface area contributed by atoms with Crippen LogP contribution in [0.15, 0.2) is 11.3 Å². The number of Topliss-reactive ketones (excluding diaryl/α,β-unsaturated/α-hetero) is 1. The van der Waals surface area contributed by atoms with Crippen molar-refractivity contribution >= 4 is 17.5 Å². The summed E-state index contributed by atoms with van der Waals surface area (Å²) in [4.78, 5) is 23.8. The summed E-state index contributed by atoms with van der Waals surface area (Å²) in [5.41, 5.74) is -0.540. The van der Waals surface area contributed by atoms with Crippen LogP contribution in [0.5, 0.6) is 0 Å². The molecule has 0 aromatic rings. The van der Waals surface area contributed by atoms with Gasteiger partial charge in [-0.25, -0.2) is 0 Å². The Kier molecular flexibility index (Phi) is 4.50. The van der Waals surface area contributed by atoms with Crippen LogP contribution in [0.3, 0.4) is 0 Å². The number of hydrogen-bond acceptors (Lipinski definition) is 5. The third-order valence-electron chi connectivity index (χ3n) is 3.44. The summed E-state index contributed by atoms with van der Waals surface area (Å²) in [7, 11) is 1.25. The molecule has 19 heavy (non-hydrogen) atoms. The highest BCUT2D eigenvalue weighted by Crippen LogP contribution is 2.42. The second kappa shape index (κ2) is 5.55. The molecular weight excluding hydrogens is 246 g/mol. The van der Waals surface area contributed by atoms with Crippen molar-refractivity contribution in [2.45, 2.75) is 40.0 Å². The molecule has 2 N–H and O–H groups in total. The van der Waals surface area contributed by atoms with E-state index in [1.165, 1.54) is 7.11 Å². The highest BCUT2D eigenvalue weighted by atomic mass is 16.5. The molecule has 1 aliphatic carbocycles. The Hall–Kier alpha value is -1.65. The third kappa shape index (κ3) is 2.85. The monoisotopic (exact) mass is 267 g/mol. The van der Waals surface area contributed by atoms with Gasteiger partial charge in [-0.05, 0) is 18.3 Å². The number of nitrogens with one attached hydrogen (secondary N) is 1. The Labute approximate surface area is 113 Å². The van der Waals surface area contributed by atoms with E-state index in [2.05, 4.69) is 0 Å². The Morgan fingerprint density at radius 3 is 2.53 bits per heavy atom. The summed E-state index contributed by atoms with van der Waals surface area (Å²) in [6, 6.07) is 0. The summed E-state index contributed by atoms with van der Waals surface area (Å²) in [5, 5.41) is 18.2. The van der Waals surface area contributed by atoms with Crippen LogP contribution in [0.1, 0.15) is 40.0 Å². The van der Waals surface area contributed by atoms with E-state index in [9.17, 15) is 14.7 Å². The van der Waals surface area contributed by atoms with Gasteiger partial charge in [0, 0.05) is 12.1 Å². The largest absolute Gasteiger partial charge is 0.511 e. The number of ketones is 1. The second-order valence-electron chi connectivity index (χ2n) is 5.53. The molecule has 1 rings (SSSR count). The maximum Gasteiger partial charge on any atom is 0.316 e. The molecule has 0 spiro atoms. The molecule has 106 valence electrons. The van der Waals surface area contributed by atoms with Crippen LogP contribution in [-0.2, 0) is 14.3 Å². The van der Waals surface area contributed by atoms with Crippen LogP contribution in [0.25, 0.3) is 0 Å². The molecule has 0 fully saturated rings.